The van der Waals surface area contributed by atoms with Crippen molar-refractivity contribution in [2.24, 2.45) is 0 Å². The lowest BCUT2D eigenvalue weighted by Gasteiger charge is -2.20. The Kier molecular flexibility index (Phi) is 5.76. The van der Waals surface area contributed by atoms with E-state index in [1.807, 2.05) is 24.1 Å². The Hall–Kier alpha value is -1.87. The molecule has 1 N–H and O–H groups in total. The van der Waals surface area contributed by atoms with Gasteiger partial charge in [0.05, 0.1) is 5.69 Å². The first kappa shape index (κ1) is 15.5. The predicted molar refractivity (Wildman–Crippen MR) is 86.9 cm³/mol. The lowest BCUT2D eigenvalue weighted by molar-refractivity contribution is 0.622. The van der Waals surface area contributed by atoms with Crippen LogP contribution in [0.5, 0.6) is 0 Å². The normalized spacial score (nSPS) is 10.6. The number of hydrogen-bond donors (Lipinski definition) is 1. The van der Waals surface area contributed by atoms with Gasteiger partial charge in [-0.05, 0) is 36.2 Å². The van der Waals surface area contributed by atoms with Crippen LogP contribution in [0.15, 0.2) is 48.5 Å². The van der Waals surface area contributed by atoms with Gasteiger partial charge >= 0.3 is 0 Å². The molecule has 2 nitrogen and oxygen atoms in total. The minimum absolute atomic E-state index is 0.180. The molecule has 2 aromatic carbocycles. The maximum Gasteiger partial charge on any atom is 0.146 e. The minimum Gasteiger partial charge on any atom is -0.368 e. The molecule has 2 aromatic rings. The highest BCUT2D eigenvalue weighted by atomic mass is 19.1. The third-order valence-electron chi connectivity index (χ3n) is 3.43. The smallest absolute Gasteiger partial charge is 0.146 e. The van der Waals surface area contributed by atoms with Crippen molar-refractivity contribution in [1.29, 1.82) is 0 Å². The van der Waals surface area contributed by atoms with E-state index in [9.17, 15) is 4.39 Å². The summed E-state index contributed by atoms with van der Waals surface area (Å²) in [5, 5.41) is 3.40. The first-order valence-electron chi connectivity index (χ1n) is 7.45. The van der Waals surface area contributed by atoms with Crippen molar-refractivity contribution >= 4 is 5.69 Å². The van der Waals surface area contributed by atoms with Crippen LogP contribution in [0.25, 0.3) is 0 Å². The van der Waals surface area contributed by atoms with Crippen LogP contribution < -0.4 is 10.2 Å². The highest BCUT2D eigenvalue weighted by Crippen LogP contribution is 2.19. The second-order valence-corrected chi connectivity index (χ2v) is 5.30. The molecule has 0 aliphatic rings. The second kappa shape index (κ2) is 7.79. The number of para-hydroxylation sites is 1. The van der Waals surface area contributed by atoms with E-state index in [2.05, 4.69) is 36.5 Å². The van der Waals surface area contributed by atoms with Gasteiger partial charge in [-0.15, -0.1) is 0 Å². The molecule has 112 valence electrons. The highest BCUT2D eigenvalue weighted by Gasteiger charge is 2.07. The summed E-state index contributed by atoms with van der Waals surface area (Å²) in [7, 11) is 1.92. The van der Waals surface area contributed by atoms with E-state index in [-0.39, 0.29) is 5.82 Å². The van der Waals surface area contributed by atoms with Gasteiger partial charge in [0.15, 0.2) is 0 Å². The van der Waals surface area contributed by atoms with Gasteiger partial charge in [0.2, 0.25) is 0 Å². The van der Waals surface area contributed by atoms with E-state index < -0.39 is 0 Å². The molecule has 0 atom stereocenters. The Morgan fingerprint density at radius 1 is 1.05 bits per heavy atom. The quantitative estimate of drug-likeness (QED) is 0.775. The SMILES string of the molecule is CCCNCc1cccc(CN(C)c2ccccc2F)c1. The van der Waals surface area contributed by atoms with Crippen LogP contribution in [0.4, 0.5) is 10.1 Å². The van der Waals surface area contributed by atoms with E-state index >= 15 is 0 Å². The Morgan fingerprint density at radius 3 is 2.57 bits per heavy atom. The van der Waals surface area contributed by atoms with Gasteiger partial charge in [-0.2, -0.15) is 0 Å². The Balaban J connectivity index is 2.02. The van der Waals surface area contributed by atoms with E-state index in [1.165, 1.54) is 17.2 Å². The maximum atomic E-state index is 13.8. The van der Waals surface area contributed by atoms with Gasteiger partial charge < -0.3 is 10.2 Å². The first-order chi connectivity index (χ1) is 10.2. The van der Waals surface area contributed by atoms with Crippen molar-refractivity contribution in [1.82, 2.24) is 5.32 Å². The van der Waals surface area contributed by atoms with Crippen LogP contribution in [-0.4, -0.2) is 13.6 Å². The summed E-state index contributed by atoms with van der Waals surface area (Å²) in [4.78, 5) is 1.94. The maximum absolute atomic E-state index is 13.8. The fourth-order valence-electron chi connectivity index (χ4n) is 2.37. The standard InChI is InChI=1S/C18H23FN2/c1-3-11-20-13-15-7-6-8-16(12-15)14-21(2)18-10-5-4-9-17(18)19/h4-10,12,20H,3,11,13-14H2,1-2H3. The average molecular weight is 286 g/mol. The van der Waals surface area contributed by atoms with Gasteiger partial charge in [0.1, 0.15) is 5.82 Å². The van der Waals surface area contributed by atoms with Crippen molar-refractivity contribution < 1.29 is 4.39 Å². The summed E-state index contributed by atoms with van der Waals surface area (Å²) >= 11 is 0. The summed E-state index contributed by atoms with van der Waals surface area (Å²) in [6.45, 7) is 4.76. The lowest BCUT2D eigenvalue weighted by atomic mass is 10.1. The molecule has 0 radical (unpaired) electrons. The van der Waals surface area contributed by atoms with Crippen LogP contribution in [0, 0.1) is 5.82 Å². The molecule has 3 heteroatoms. The average Bonchev–Trinajstić information content (AvgIpc) is 2.48. The summed E-state index contributed by atoms with van der Waals surface area (Å²) in [6, 6.07) is 15.3. The van der Waals surface area contributed by atoms with E-state index in [0.717, 1.165) is 19.5 Å². The molecule has 0 amide bonds. The number of rotatable bonds is 7. The van der Waals surface area contributed by atoms with Gasteiger partial charge in [0.25, 0.3) is 0 Å². The summed E-state index contributed by atoms with van der Waals surface area (Å²) in [5.74, 6) is -0.180. The number of benzene rings is 2. The van der Waals surface area contributed by atoms with Crippen molar-refractivity contribution in [3.05, 3.63) is 65.5 Å². The minimum atomic E-state index is -0.180. The zero-order chi connectivity index (χ0) is 15.1. The molecule has 0 unspecified atom stereocenters. The van der Waals surface area contributed by atoms with E-state index in [1.54, 1.807) is 6.07 Å². The monoisotopic (exact) mass is 286 g/mol. The molecular weight excluding hydrogens is 263 g/mol. The van der Waals surface area contributed by atoms with Crippen molar-refractivity contribution in [3.63, 3.8) is 0 Å². The third-order valence-corrected chi connectivity index (χ3v) is 3.43. The zero-order valence-electron chi connectivity index (χ0n) is 12.8. The molecular formula is C18H23FN2. The molecule has 0 spiro atoms. The molecule has 0 fully saturated rings. The molecule has 0 bridgehead atoms. The molecule has 21 heavy (non-hydrogen) atoms. The van der Waals surface area contributed by atoms with Gasteiger partial charge in [0, 0.05) is 20.1 Å². The van der Waals surface area contributed by atoms with E-state index in [0.29, 0.717) is 12.2 Å². The zero-order valence-corrected chi connectivity index (χ0v) is 12.8. The molecule has 0 aliphatic carbocycles. The number of nitrogens with one attached hydrogen (secondary N) is 1. The predicted octanol–water partition coefficient (Wildman–Crippen LogP) is 3.96. The van der Waals surface area contributed by atoms with Gasteiger partial charge in [-0.3, -0.25) is 0 Å². The van der Waals surface area contributed by atoms with E-state index in [4.69, 9.17) is 0 Å². The van der Waals surface area contributed by atoms with Crippen LogP contribution in [0.1, 0.15) is 24.5 Å². The largest absolute Gasteiger partial charge is 0.368 e. The van der Waals surface area contributed by atoms with Crippen molar-refractivity contribution in [2.45, 2.75) is 26.4 Å². The molecule has 0 saturated heterocycles. The fraction of sp³-hybridized carbons (Fsp3) is 0.333. The van der Waals surface area contributed by atoms with Gasteiger partial charge in [-0.1, -0.05) is 43.3 Å². The molecule has 0 heterocycles. The second-order valence-electron chi connectivity index (χ2n) is 5.30. The van der Waals surface area contributed by atoms with Crippen LogP contribution in [0.2, 0.25) is 0 Å². The first-order valence-corrected chi connectivity index (χ1v) is 7.45. The number of halogens is 1. The Labute approximate surface area is 126 Å². The molecule has 2 rings (SSSR count). The summed E-state index contributed by atoms with van der Waals surface area (Å²) in [5.41, 5.74) is 3.09. The Morgan fingerprint density at radius 2 is 1.81 bits per heavy atom. The van der Waals surface area contributed by atoms with Crippen LogP contribution in [-0.2, 0) is 13.1 Å². The molecule has 0 aliphatic heterocycles. The lowest BCUT2D eigenvalue weighted by Crippen LogP contribution is -2.18. The fourth-order valence-corrected chi connectivity index (χ4v) is 2.37. The van der Waals surface area contributed by atoms with Crippen LogP contribution >= 0.6 is 0 Å². The number of nitrogens with zero attached hydrogens (tertiary/aromatic N) is 1. The Bertz CT molecular complexity index is 569. The van der Waals surface area contributed by atoms with Crippen LogP contribution in [0.3, 0.4) is 0 Å². The number of anilines is 1. The number of hydrogen-bond acceptors (Lipinski definition) is 2. The topological polar surface area (TPSA) is 15.3 Å². The third kappa shape index (κ3) is 4.57. The highest BCUT2D eigenvalue weighted by molar-refractivity contribution is 5.47. The molecule has 0 aromatic heterocycles. The van der Waals surface area contributed by atoms with Crippen molar-refractivity contribution in [3.8, 4) is 0 Å². The molecule has 0 saturated carbocycles. The summed E-state index contributed by atoms with van der Waals surface area (Å²) < 4.78 is 13.8. The van der Waals surface area contributed by atoms with Gasteiger partial charge in [-0.25, -0.2) is 4.39 Å². The summed E-state index contributed by atoms with van der Waals surface area (Å²) in [6.07, 6.45) is 1.13. The van der Waals surface area contributed by atoms with Crippen molar-refractivity contribution in [2.75, 3.05) is 18.5 Å².